The highest BCUT2D eigenvalue weighted by Gasteiger charge is 2.33. The Kier molecular flexibility index (Phi) is 5.20. The number of aromatic amines is 1. The van der Waals surface area contributed by atoms with Crippen molar-refractivity contribution in [1.82, 2.24) is 15.4 Å². The minimum atomic E-state index is -0.419. The van der Waals surface area contributed by atoms with Gasteiger partial charge in [0.2, 0.25) is 0 Å². The van der Waals surface area contributed by atoms with Crippen molar-refractivity contribution in [3.05, 3.63) is 107 Å². The van der Waals surface area contributed by atoms with Gasteiger partial charge in [0.1, 0.15) is 11.4 Å². The van der Waals surface area contributed by atoms with Crippen LogP contribution in [-0.2, 0) is 4.79 Å². The van der Waals surface area contributed by atoms with Crippen LogP contribution in [0, 0.1) is 0 Å². The molecule has 1 aliphatic rings. The van der Waals surface area contributed by atoms with Crippen molar-refractivity contribution in [1.29, 1.82) is 0 Å². The Bertz CT molecular complexity index is 1400. The predicted octanol–water partition coefficient (Wildman–Crippen LogP) is 4.15. The zero-order valence-electron chi connectivity index (χ0n) is 17.8. The third kappa shape index (κ3) is 3.87. The van der Waals surface area contributed by atoms with Gasteiger partial charge in [-0.2, -0.15) is 5.01 Å². The van der Waals surface area contributed by atoms with Crippen molar-refractivity contribution < 1.29 is 14.3 Å². The Morgan fingerprint density at radius 3 is 2.48 bits per heavy atom. The summed E-state index contributed by atoms with van der Waals surface area (Å²) >= 11 is 0. The first kappa shape index (κ1) is 20.3. The fourth-order valence-electron chi connectivity index (χ4n) is 3.68. The summed E-state index contributed by atoms with van der Waals surface area (Å²) in [5, 5.41) is 1.98. The third-order valence-electron chi connectivity index (χ3n) is 5.36. The molecule has 2 N–H and O–H groups in total. The van der Waals surface area contributed by atoms with Crippen LogP contribution in [0.3, 0.4) is 0 Å². The second kappa shape index (κ2) is 8.47. The van der Waals surface area contributed by atoms with Crippen molar-refractivity contribution in [3.63, 3.8) is 0 Å². The maximum atomic E-state index is 13.3. The number of benzene rings is 3. The number of hydrogen-bond acceptors (Lipinski definition) is 4. The predicted molar refractivity (Wildman–Crippen MR) is 127 cm³/mol. The van der Waals surface area contributed by atoms with Gasteiger partial charge in [-0.1, -0.05) is 60.7 Å². The van der Waals surface area contributed by atoms with Gasteiger partial charge in [-0.3, -0.25) is 15.0 Å². The number of rotatable bonds is 5. The lowest BCUT2D eigenvalue weighted by Crippen LogP contribution is -2.47. The summed E-state index contributed by atoms with van der Waals surface area (Å²) in [5.41, 5.74) is 5.75. The third-order valence-corrected chi connectivity index (χ3v) is 5.36. The number of carbonyl (C=O) groups is 2. The molecular weight excluding hydrogens is 416 g/mol. The number of aromatic nitrogens is 1. The Labute approximate surface area is 190 Å². The molecule has 0 fully saturated rings. The lowest BCUT2D eigenvalue weighted by Gasteiger charge is -2.19. The molecule has 1 aromatic heterocycles. The maximum absolute atomic E-state index is 13.3. The lowest BCUT2D eigenvalue weighted by atomic mass is 10.1. The van der Waals surface area contributed by atoms with E-state index in [2.05, 4.69) is 15.4 Å². The summed E-state index contributed by atoms with van der Waals surface area (Å²) in [5.74, 6) is 0.248. The van der Waals surface area contributed by atoms with Crippen molar-refractivity contribution in [2.75, 3.05) is 7.11 Å². The van der Waals surface area contributed by atoms with Gasteiger partial charge in [-0.15, -0.1) is 0 Å². The van der Waals surface area contributed by atoms with Crippen LogP contribution in [0.25, 0.3) is 17.0 Å². The van der Waals surface area contributed by atoms with E-state index < -0.39 is 11.8 Å². The van der Waals surface area contributed by atoms with E-state index in [1.807, 2.05) is 78.9 Å². The molecule has 0 unspecified atom stereocenters. The van der Waals surface area contributed by atoms with Crippen LogP contribution in [0.5, 0.6) is 5.75 Å². The molecule has 0 bridgehead atoms. The van der Waals surface area contributed by atoms with Crippen LogP contribution in [0.1, 0.15) is 21.5 Å². The van der Waals surface area contributed by atoms with Gasteiger partial charge >= 0.3 is 0 Å². The second-order valence-corrected chi connectivity index (χ2v) is 7.43. The number of H-pyrrole nitrogens is 1. The minimum Gasteiger partial charge on any atom is -0.497 e. The molecule has 3 aromatic carbocycles. The molecule has 5 rings (SSSR count). The van der Waals surface area contributed by atoms with E-state index in [-0.39, 0.29) is 5.70 Å². The van der Waals surface area contributed by atoms with Gasteiger partial charge in [0.25, 0.3) is 11.8 Å². The topological polar surface area (TPSA) is 86.8 Å². The molecule has 0 radical (unpaired) electrons. The first-order valence-electron chi connectivity index (χ1n) is 10.4. The Balaban J connectivity index is 1.49. The van der Waals surface area contributed by atoms with Crippen LogP contribution >= 0.6 is 0 Å². The maximum Gasteiger partial charge on any atom is 0.297 e. The highest BCUT2D eigenvalue weighted by molar-refractivity contribution is 6.21. The van der Waals surface area contributed by atoms with Crippen LogP contribution in [0.2, 0.25) is 0 Å². The largest absolute Gasteiger partial charge is 0.497 e. The Hall–Kier alpha value is -4.65. The highest BCUT2D eigenvalue weighted by atomic mass is 16.5. The molecule has 2 amide bonds. The number of amidine groups is 1. The zero-order valence-corrected chi connectivity index (χ0v) is 17.8. The first-order valence-corrected chi connectivity index (χ1v) is 10.4. The Morgan fingerprint density at radius 2 is 1.73 bits per heavy atom. The van der Waals surface area contributed by atoms with Gasteiger partial charge in [0, 0.05) is 22.7 Å². The number of fused-ring (bicyclic) bond motifs is 1. The molecule has 162 valence electrons. The molecule has 0 saturated heterocycles. The Morgan fingerprint density at radius 1 is 1.00 bits per heavy atom. The van der Waals surface area contributed by atoms with E-state index in [4.69, 9.17) is 4.74 Å². The van der Waals surface area contributed by atoms with Crippen molar-refractivity contribution >= 4 is 34.6 Å². The summed E-state index contributed by atoms with van der Waals surface area (Å²) in [6.45, 7) is 0. The molecule has 2 heterocycles. The number of nitrogens with zero attached hydrogens (tertiary/aromatic N) is 2. The van der Waals surface area contributed by atoms with E-state index in [1.54, 1.807) is 19.4 Å². The molecule has 33 heavy (non-hydrogen) atoms. The minimum absolute atomic E-state index is 0.221. The number of amides is 2. The number of carbonyl (C=O) groups excluding carboxylic acids is 2. The van der Waals surface area contributed by atoms with E-state index in [0.29, 0.717) is 17.0 Å². The number of hydrogen-bond donors (Lipinski definition) is 2. The molecule has 0 atom stereocenters. The van der Waals surface area contributed by atoms with Crippen molar-refractivity contribution in [3.8, 4) is 5.75 Å². The van der Waals surface area contributed by atoms with E-state index in [9.17, 15) is 9.59 Å². The smallest absolute Gasteiger partial charge is 0.297 e. The van der Waals surface area contributed by atoms with Gasteiger partial charge in [-0.05, 0) is 29.8 Å². The van der Waals surface area contributed by atoms with Gasteiger partial charge in [0.15, 0.2) is 5.84 Å². The van der Waals surface area contributed by atoms with Gasteiger partial charge in [-0.25, -0.2) is 4.99 Å². The van der Waals surface area contributed by atoms with Crippen LogP contribution in [-0.4, -0.2) is 34.8 Å². The molecule has 0 aliphatic carbocycles. The summed E-state index contributed by atoms with van der Waals surface area (Å²) in [7, 11) is 1.60. The average molecular weight is 436 g/mol. The number of nitrogens with one attached hydrogen (secondary N) is 2. The zero-order chi connectivity index (χ0) is 22.8. The number of para-hydroxylation sites is 1. The van der Waals surface area contributed by atoms with Crippen LogP contribution in [0.15, 0.2) is 95.7 Å². The van der Waals surface area contributed by atoms with Crippen LogP contribution < -0.4 is 10.2 Å². The van der Waals surface area contributed by atoms with Crippen molar-refractivity contribution in [2.45, 2.75) is 0 Å². The van der Waals surface area contributed by atoms with Crippen molar-refractivity contribution in [2.24, 2.45) is 4.99 Å². The highest BCUT2D eigenvalue weighted by Crippen LogP contribution is 2.23. The van der Waals surface area contributed by atoms with Crippen LogP contribution in [0.4, 0.5) is 0 Å². The molecule has 7 heteroatoms. The van der Waals surface area contributed by atoms with E-state index in [0.717, 1.165) is 22.2 Å². The molecule has 7 nitrogen and oxygen atoms in total. The summed E-state index contributed by atoms with van der Waals surface area (Å²) < 4.78 is 5.19. The van der Waals surface area contributed by atoms with E-state index >= 15 is 0 Å². The molecule has 4 aromatic rings. The fourth-order valence-corrected chi connectivity index (χ4v) is 3.68. The normalized spacial score (nSPS) is 14.6. The van der Waals surface area contributed by atoms with E-state index in [1.165, 1.54) is 5.01 Å². The van der Waals surface area contributed by atoms with Gasteiger partial charge in [0.05, 0.1) is 12.7 Å². The standard InChI is InChI=1S/C26H20N4O3/c1-33-19-13-11-17(12-14-19)15-23-26(32)30(24(28-23)18-7-3-2-4-8-18)29-25(31)21-16-27-22-10-6-5-9-20(21)22/h2-16,27H,1H3,(H,29,31)/b23-15-. The monoisotopic (exact) mass is 436 g/mol. The SMILES string of the molecule is COc1ccc(/C=C2\N=C(c3ccccc3)N(NC(=O)c3c[nH]c4ccccc34)C2=O)cc1. The number of hydrazine groups is 1. The quantitative estimate of drug-likeness (QED) is 0.461. The molecular formula is C26H20N4O3. The van der Waals surface area contributed by atoms with Gasteiger partial charge < -0.3 is 9.72 Å². The lowest BCUT2D eigenvalue weighted by molar-refractivity contribution is -0.124. The number of aliphatic imine (C=N–C) groups is 1. The average Bonchev–Trinajstić information content (AvgIpc) is 3.42. The molecule has 0 saturated carbocycles. The number of methoxy groups -OCH3 is 1. The first-order chi connectivity index (χ1) is 16.1. The summed E-state index contributed by atoms with van der Waals surface area (Å²) in [6.07, 6.45) is 3.32. The summed E-state index contributed by atoms with van der Waals surface area (Å²) in [6, 6.07) is 24.1. The number of ether oxygens (including phenoxy) is 1. The molecule has 1 aliphatic heterocycles. The fraction of sp³-hybridized carbons (Fsp3) is 0.0385. The molecule has 0 spiro atoms. The second-order valence-electron chi connectivity index (χ2n) is 7.43. The summed E-state index contributed by atoms with van der Waals surface area (Å²) in [4.78, 5) is 34.0.